The van der Waals surface area contributed by atoms with Crippen LogP contribution in [0.3, 0.4) is 0 Å². The van der Waals surface area contributed by atoms with Gasteiger partial charge < -0.3 is 4.74 Å². The van der Waals surface area contributed by atoms with E-state index in [0.717, 1.165) is 36.2 Å². The molecule has 0 saturated heterocycles. The van der Waals surface area contributed by atoms with E-state index in [0.29, 0.717) is 12.4 Å². The summed E-state index contributed by atoms with van der Waals surface area (Å²) in [5, 5.41) is 0. The average molecular weight is 359 g/mol. The summed E-state index contributed by atoms with van der Waals surface area (Å²) in [6.45, 7) is 4.73. The summed E-state index contributed by atoms with van der Waals surface area (Å²) >= 11 is 0. The molecule has 1 aromatic carbocycles. The van der Waals surface area contributed by atoms with Crippen LogP contribution in [0.25, 0.3) is 0 Å². The molecule has 2 heteroatoms. The van der Waals surface area contributed by atoms with Crippen molar-refractivity contribution in [3.05, 3.63) is 41.2 Å². The molecule has 2 aliphatic carbocycles. The third-order valence-electron chi connectivity index (χ3n) is 6.71. The maximum Gasteiger partial charge on any atom is 0.165 e. The van der Waals surface area contributed by atoms with Crippen molar-refractivity contribution in [3.8, 4) is 5.75 Å². The number of allylic oxidation sites excluding steroid dienone is 2. The number of hydrogen-bond donors (Lipinski definition) is 0. The first-order chi connectivity index (χ1) is 12.7. The molecule has 0 aliphatic heterocycles. The average Bonchev–Trinajstić information content (AvgIpc) is 2.69. The van der Waals surface area contributed by atoms with Gasteiger partial charge in [0.05, 0.1) is 6.61 Å². The second-order valence-electron chi connectivity index (χ2n) is 8.28. The molecule has 0 bridgehead atoms. The van der Waals surface area contributed by atoms with Crippen LogP contribution in [0.4, 0.5) is 4.39 Å². The minimum atomic E-state index is -0.232. The summed E-state index contributed by atoms with van der Waals surface area (Å²) in [5.74, 6) is 3.02. The van der Waals surface area contributed by atoms with Crippen molar-refractivity contribution in [2.75, 3.05) is 6.61 Å². The van der Waals surface area contributed by atoms with Crippen LogP contribution in [0.2, 0.25) is 0 Å². The first-order valence-corrected chi connectivity index (χ1v) is 10.8. The van der Waals surface area contributed by atoms with E-state index in [9.17, 15) is 4.39 Å². The zero-order valence-electron chi connectivity index (χ0n) is 16.6. The third kappa shape index (κ3) is 5.11. The molecule has 0 heterocycles. The van der Waals surface area contributed by atoms with Crippen LogP contribution < -0.4 is 4.74 Å². The Bertz CT molecular complexity index is 598. The van der Waals surface area contributed by atoms with Gasteiger partial charge in [-0.1, -0.05) is 43.9 Å². The summed E-state index contributed by atoms with van der Waals surface area (Å²) in [6, 6.07) is 5.42. The second kappa shape index (κ2) is 9.58. The Balaban J connectivity index is 1.45. The lowest BCUT2D eigenvalue weighted by molar-refractivity contribution is 0.189. The third-order valence-corrected chi connectivity index (χ3v) is 6.71. The lowest BCUT2D eigenvalue weighted by Gasteiger charge is -2.35. The fraction of sp³-hybridized carbons (Fsp3) is 0.667. The molecule has 0 radical (unpaired) electrons. The number of ether oxygens (including phenoxy) is 1. The highest BCUT2D eigenvalue weighted by molar-refractivity contribution is 5.30. The van der Waals surface area contributed by atoms with Crippen molar-refractivity contribution in [1.82, 2.24) is 0 Å². The van der Waals surface area contributed by atoms with Crippen LogP contribution in [0.15, 0.2) is 29.8 Å². The number of halogens is 1. The minimum absolute atomic E-state index is 0.232. The number of benzene rings is 1. The van der Waals surface area contributed by atoms with Crippen LogP contribution in [0, 0.1) is 23.6 Å². The Morgan fingerprint density at radius 2 is 1.81 bits per heavy atom. The molecular formula is C24H35FO. The lowest BCUT2D eigenvalue weighted by atomic mass is 9.71. The van der Waals surface area contributed by atoms with Gasteiger partial charge in [0.15, 0.2) is 11.6 Å². The molecular weight excluding hydrogens is 323 g/mol. The predicted octanol–water partition coefficient (Wildman–Crippen LogP) is 7.10. The van der Waals surface area contributed by atoms with Crippen molar-refractivity contribution in [2.45, 2.75) is 78.1 Å². The monoisotopic (exact) mass is 358 g/mol. The number of rotatable bonds is 7. The first kappa shape index (κ1) is 19.5. The van der Waals surface area contributed by atoms with Crippen LogP contribution >= 0.6 is 0 Å². The van der Waals surface area contributed by atoms with E-state index in [1.165, 1.54) is 51.4 Å². The van der Waals surface area contributed by atoms with Gasteiger partial charge in [0.25, 0.3) is 0 Å². The molecule has 1 atom stereocenters. The Morgan fingerprint density at radius 3 is 2.42 bits per heavy atom. The Hall–Kier alpha value is -1.31. The maximum absolute atomic E-state index is 14.0. The van der Waals surface area contributed by atoms with Crippen molar-refractivity contribution in [2.24, 2.45) is 17.8 Å². The molecule has 26 heavy (non-hydrogen) atoms. The van der Waals surface area contributed by atoms with E-state index in [4.69, 9.17) is 4.74 Å². The molecule has 1 fully saturated rings. The first-order valence-electron chi connectivity index (χ1n) is 10.8. The van der Waals surface area contributed by atoms with Gasteiger partial charge in [-0.3, -0.25) is 0 Å². The lowest BCUT2D eigenvalue weighted by Crippen LogP contribution is -2.23. The molecule has 0 spiro atoms. The van der Waals surface area contributed by atoms with Gasteiger partial charge in [0.1, 0.15) is 0 Å². The quantitative estimate of drug-likeness (QED) is 0.472. The van der Waals surface area contributed by atoms with Gasteiger partial charge in [-0.05, 0) is 87.3 Å². The largest absolute Gasteiger partial charge is 0.491 e. The molecule has 1 saturated carbocycles. The summed E-state index contributed by atoms with van der Waals surface area (Å²) in [6.07, 6.45) is 15.6. The summed E-state index contributed by atoms with van der Waals surface area (Å²) in [7, 11) is 0. The van der Waals surface area contributed by atoms with Gasteiger partial charge in [-0.15, -0.1) is 0 Å². The molecule has 1 unspecified atom stereocenters. The fourth-order valence-electron chi connectivity index (χ4n) is 4.91. The van der Waals surface area contributed by atoms with Gasteiger partial charge in [-0.2, -0.15) is 0 Å². The molecule has 0 amide bonds. The van der Waals surface area contributed by atoms with Crippen LogP contribution in [-0.4, -0.2) is 6.61 Å². The topological polar surface area (TPSA) is 9.23 Å². The van der Waals surface area contributed by atoms with E-state index < -0.39 is 0 Å². The van der Waals surface area contributed by atoms with Gasteiger partial charge in [0, 0.05) is 0 Å². The second-order valence-corrected chi connectivity index (χ2v) is 8.28. The summed E-state index contributed by atoms with van der Waals surface area (Å²) in [5.41, 5.74) is 2.66. The Kier molecular flexibility index (Phi) is 7.16. The SMILES string of the molecule is CCOc1ccc(CCC2=CCC(C3CCC(CC)CC3)CC2)cc1F. The van der Waals surface area contributed by atoms with E-state index in [1.54, 1.807) is 17.7 Å². The Morgan fingerprint density at radius 1 is 1.00 bits per heavy atom. The van der Waals surface area contributed by atoms with Gasteiger partial charge in [-0.25, -0.2) is 4.39 Å². The van der Waals surface area contributed by atoms with Crippen LogP contribution in [0.1, 0.15) is 77.2 Å². The molecule has 1 nitrogen and oxygen atoms in total. The van der Waals surface area contributed by atoms with Crippen molar-refractivity contribution in [1.29, 1.82) is 0 Å². The van der Waals surface area contributed by atoms with Crippen LogP contribution in [-0.2, 0) is 6.42 Å². The number of aryl methyl sites for hydroxylation is 1. The highest BCUT2D eigenvalue weighted by atomic mass is 19.1. The van der Waals surface area contributed by atoms with E-state index in [2.05, 4.69) is 13.0 Å². The van der Waals surface area contributed by atoms with E-state index in [1.807, 2.05) is 13.0 Å². The molecule has 0 aromatic heterocycles. The molecule has 3 rings (SSSR count). The van der Waals surface area contributed by atoms with Gasteiger partial charge >= 0.3 is 0 Å². The molecule has 2 aliphatic rings. The van der Waals surface area contributed by atoms with Crippen molar-refractivity contribution < 1.29 is 9.13 Å². The zero-order valence-corrected chi connectivity index (χ0v) is 16.6. The maximum atomic E-state index is 14.0. The highest BCUT2D eigenvalue weighted by Gasteiger charge is 2.27. The Labute approximate surface area is 159 Å². The van der Waals surface area contributed by atoms with Crippen molar-refractivity contribution in [3.63, 3.8) is 0 Å². The standard InChI is InChI=1S/C24H35FO/c1-3-18-7-12-21(13-8-18)22-14-9-19(10-15-22)5-6-20-11-16-24(26-4-2)23(25)17-20/h9,11,16-18,21-22H,3-8,10,12-15H2,1-2H3. The number of hydrogen-bond acceptors (Lipinski definition) is 1. The van der Waals surface area contributed by atoms with E-state index in [-0.39, 0.29) is 5.82 Å². The van der Waals surface area contributed by atoms with Crippen LogP contribution in [0.5, 0.6) is 5.75 Å². The fourth-order valence-corrected chi connectivity index (χ4v) is 4.91. The highest BCUT2D eigenvalue weighted by Crippen LogP contribution is 2.40. The van der Waals surface area contributed by atoms with Crippen molar-refractivity contribution >= 4 is 0 Å². The van der Waals surface area contributed by atoms with Gasteiger partial charge in [0.2, 0.25) is 0 Å². The molecule has 144 valence electrons. The summed E-state index contributed by atoms with van der Waals surface area (Å²) < 4.78 is 19.3. The zero-order chi connectivity index (χ0) is 18.4. The normalized spacial score (nSPS) is 26.4. The molecule has 0 N–H and O–H groups in total. The molecule has 1 aromatic rings. The summed E-state index contributed by atoms with van der Waals surface area (Å²) in [4.78, 5) is 0. The minimum Gasteiger partial charge on any atom is -0.491 e. The van der Waals surface area contributed by atoms with E-state index >= 15 is 0 Å². The smallest absolute Gasteiger partial charge is 0.165 e. The predicted molar refractivity (Wildman–Crippen MR) is 107 cm³/mol.